The van der Waals surface area contributed by atoms with Gasteiger partial charge in [0.25, 0.3) is 0 Å². The van der Waals surface area contributed by atoms with Gasteiger partial charge in [-0.05, 0) is 54.1 Å². The highest BCUT2D eigenvalue weighted by Gasteiger charge is 2.30. The third kappa shape index (κ3) is 3.89. The predicted molar refractivity (Wildman–Crippen MR) is 95.7 cm³/mol. The fourth-order valence-electron chi connectivity index (χ4n) is 4.48. The Morgan fingerprint density at radius 1 is 0.810 bits per heavy atom. The molecule has 1 aromatic carbocycles. The molecule has 1 aromatic rings. The van der Waals surface area contributed by atoms with Crippen LogP contribution in [0.4, 0.5) is 0 Å². The largest absolute Gasteiger partial charge is 0.0747 e. The topological polar surface area (TPSA) is 0 Å². The monoisotopic (exact) mass is 302 g/mol. The van der Waals surface area contributed by atoms with E-state index in [9.17, 15) is 0 Å². The van der Waals surface area contributed by atoms with Crippen LogP contribution < -0.4 is 5.30 Å². The molecule has 0 aliphatic heterocycles. The molecule has 2 aliphatic carbocycles. The van der Waals surface area contributed by atoms with Crippen LogP contribution in [0.1, 0.15) is 52.4 Å². The maximum absolute atomic E-state index is 2.49. The van der Waals surface area contributed by atoms with Gasteiger partial charge in [-0.3, -0.25) is 0 Å². The predicted octanol–water partition coefficient (Wildman–Crippen LogP) is 5.67. The van der Waals surface area contributed by atoms with Gasteiger partial charge in [0, 0.05) is 0 Å². The minimum atomic E-state index is 0.0689. The first-order valence-corrected chi connectivity index (χ1v) is 10.7. The first-order valence-electron chi connectivity index (χ1n) is 9.04. The lowest BCUT2D eigenvalue weighted by atomic mass is 10.0. The highest BCUT2D eigenvalue weighted by atomic mass is 31.1. The van der Waals surface area contributed by atoms with Gasteiger partial charge < -0.3 is 0 Å². The molecular weight excluding hydrogens is 271 g/mol. The second kappa shape index (κ2) is 7.28. The zero-order valence-corrected chi connectivity index (χ0v) is 14.7. The molecule has 4 unspecified atom stereocenters. The van der Waals surface area contributed by atoms with Crippen molar-refractivity contribution in [2.24, 2.45) is 23.7 Å². The SMILES string of the molecule is CC1CCCC1CP(CC1CCCC1C)c1ccccc1. The molecule has 0 amide bonds. The Morgan fingerprint density at radius 2 is 1.33 bits per heavy atom. The van der Waals surface area contributed by atoms with Crippen molar-refractivity contribution in [3.8, 4) is 0 Å². The Hall–Kier alpha value is -0.350. The van der Waals surface area contributed by atoms with Crippen LogP contribution in [0.2, 0.25) is 0 Å². The maximum Gasteiger partial charge on any atom is -0.0240 e. The Bertz CT molecular complexity index is 405. The number of benzene rings is 1. The van der Waals surface area contributed by atoms with Crippen LogP contribution in [-0.2, 0) is 0 Å². The second-order valence-electron chi connectivity index (χ2n) is 7.58. The minimum Gasteiger partial charge on any atom is -0.0747 e. The van der Waals surface area contributed by atoms with Crippen LogP contribution in [0.3, 0.4) is 0 Å². The summed E-state index contributed by atoms with van der Waals surface area (Å²) in [5.74, 6) is 3.96. The molecule has 0 bridgehead atoms. The normalized spacial score (nSPS) is 34.2. The van der Waals surface area contributed by atoms with Crippen molar-refractivity contribution in [3.05, 3.63) is 30.3 Å². The van der Waals surface area contributed by atoms with E-state index in [1.165, 1.54) is 50.8 Å². The average Bonchev–Trinajstić information content (AvgIpc) is 3.09. The van der Waals surface area contributed by atoms with Crippen LogP contribution in [0.25, 0.3) is 0 Å². The maximum atomic E-state index is 2.49. The molecule has 0 heterocycles. The lowest BCUT2D eigenvalue weighted by Gasteiger charge is -2.28. The van der Waals surface area contributed by atoms with Gasteiger partial charge in [0.1, 0.15) is 0 Å². The first kappa shape index (κ1) is 15.5. The summed E-state index contributed by atoms with van der Waals surface area (Å²) in [7, 11) is 0.0689. The molecule has 0 spiro atoms. The van der Waals surface area contributed by atoms with Gasteiger partial charge in [-0.15, -0.1) is 0 Å². The Morgan fingerprint density at radius 3 is 1.76 bits per heavy atom. The quantitative estimate of drug-likeness (QED) is 0.615. The molecular formula is C20H31P. The highest BCUT2D eigenvalue weighted by Crippen LogP contribution is 2.48. The molecule has 2 fully saturated rings. The van der Waals surface area contributed by atoms with E-state index in [0.717, 1.165) is 23.7 Å². The van der Waals surface area contributed by atoms with Crippen molar-refractivity contribution in [2.75, 3.05) is 12.3 Å². The van der Waals surface area contributed by atoms with Crippen molar-refractivity contribution in [1.82, 2.24) is 0 Å². The third-order valence-electron chi connectivity index (χ3n) is 6.11. The van der Waals surface area contributed by atoms with Crippen LogP contribution >= 0.6 is 7.92 Å². The Kier molecular flexibility index (Phi) is 5.38. The minimum absolute atomic E-state index is 0.0689. The van der Waals surface area contributed by atoms with E-state index in [1.807, 2.05) is 0 Å². The summed E-state index contributed by atoms with van der Waals surface area (Å²) in [5.41, 5.74) is 0. The van der Waals surface area contributed by atoms with E-state index < -0.39 is 0 Å². The molecule has 2 aliphatic rings. The third-order valence-corrected chi connectivity index (χ3v) is 8.96. The van der Waals surface area contributed by atoms with E-state index in [0.29, 0.717) is 0 Å². The molecule has 3 rings (SSSR count). The van der Waals surface area contributed by atoms with Crippen molar-refractivity contribution in [1.29, 1.82) is 0 Å². The van der Waals surface area contributed by atoms with Crippen LogP contribution in [-0.4, -0.2) is 12.3 Å². The van der Waals surface area contributed by atoms with Crippen molar-refractivity contribution >= 4 is 13.2 Å². The van der Waals surface area contributed by atoms with E-state index in [1.54, 1.807) is 5.30 Å². The van der Waals surface area contributed by atoms with Crippen molar-refractivity contribution in [2.45, 2.75) is 52.4 Å². The number of hydrogen-bond acceptors (Lipinski definition) is 0. The lowest BCUT2D eigenvalue weighted by molar-refractivity contribution is 0.451. The van der Waals surface area contributed by atoms with Gasteiger partial charge in [-0.2, -0.15) is 0 Å². The summed E-state index contributed by atoms with van der Waals surface area (Å²) in [6, 6.07) is 11.5. The molecule has 0 nitrogen and oxygen atoms in total. The van der Waals surface area contributed by atoms with Gasteiger partial charge >= 0.3 is 0 Å². The Balaban J connectivity index is 1.71. The number of rotatable bonds is 5. The zero-order valence-electron chi connectivity index (χ0n) is 13.8. The van der Waals surface area contributed by atoms with E-state index in [-0.39, 0.29) is 7.92 Å². The number of hydrogen-bond donors (Lipinski definition) is 0. The fraction of sp³-hybridized carbons (Fsp3) is 0.700. The second-order valence-corrected chi connectivity index (χ2v) is 9.90. The van der Waals surface area contributed by atoms with Gasteiger partial charge in [0.05, 0.1) is 0 Å². The molecule has 21 heavy (non-hydrogen) atoms. The summed E-state index contributed by atoms with van der Waals surface area (Å²) in [5, 5.41) is 1.67. The smallest absolute Gasteiger partial charge is 0.0240 e. The van der Waals surface area contributed by atoms with Crippen LogP contribution in [0.5, 0.6) is 0 Å². The van der Waals surface area contributed by atoms with Gasteiger partial charge in [-0.1, -0.05) is 77.8 Å². The summed E-state index contributed by atoms with van der Waals surface area (Å²) < 4.78 is 0. The highest BCUT2D eigenvalue weighted by molar-refractivity contribution is 7.65. The molecule has 0 radical (unpaired) electrons. The summed E-state index contributed by atoms with van der Waals surface area (Å²) >= 11 is 0. The summed E-state index contributed by atoms with van der Waals surface area (Å²) in [6.45, 7) is 4.99. The van der Waals surface area contributed by atoms with Crippen LogP contribution in [0, 0.1) is 23.7 Å². The van der Waals surface area contributed by atoms with Gasteiger partial charge in [-0.25, -0.2) is 0 Å². The molecule has 0 aromatic heterocycles. The van der Waals surface area contributed by atoms with E-state index in [4.69, 9.17) is 0 Å². The van der Waals surface area contributed by atoms with E-state index in [2.05, 4.69) is 44.2 Å². The Labute approximate surface area is 132 Å². The van der Waals surface area contributed by atoms with Gasteiger partial charge in [0.15, 0.2) is 0 Å². The molecule has 0 saturated heterocycles. The zero-order chi connectivity index (χ0) is 14.7. The molecule has 116 valence electrons. The summed E-state index contributed by atoms with van der Waals surface area (Å²) in [6.07, 6.45) is 11.9. The molecule has 0 N–H and O–H groups in total. The van der Waals surface area contributed by atoms with E-state index >= 15 is 0 Å². The summed E-state index contributed by atoms with van der Waals surface area (Å²) in [4.78, 5) is 0. The first-order chi connectivity index (χ1) is 10.2. The molecule has 1 heteroatoms. The molecule has 2 saturated carbocycles. The molecule has 4 atom stereocenters. The van der Waals surface area contributed by atoms with Crippen molar-refractivity contribution < 1.29 is 0 Å². The van der Waals surface area contributed by atoms with Crippen LogP contribution in [0.15, 0.2) is 30.3 Å². The average molecular weight is 302 g/mol. The lowest BCUT2D eigenvalue weighted by Crippen LogP contribution is -2.19. The van der Waals surface area contributed by atoms with Crippen molar-refractivity contribution in [3.63, 3.8) is 0 Å². The fourth-order valence-corrected chi connectivity index (χ4v) is 7.86. The standard InChI is InChI=1S/C20H31P/c1-16-8-6-10-18(16)14-21(20-12-4-3-5-13-20)15-19-11-7-9-17(19)2/h3-5,12-13,16-19H,6-11,14-15H2,1-2H3. The van der Waals surface area contributed by atoms with Gasteiger partial charge in [0.2, 0.25) is 0 Å².